The van der Waals surface area contributed by atoms with Gasteiger partial charge in [-0.3, -0.25) is 9.89 Å². The third-order valence-corrected chi connectivity index (χ3v) is 9.70. The first-order chi connectivity index (χ1) is 24.9. The van der Waals surface area contributed by atoms with E-state index in [1.54, 1.807) is 18.2 Å². The van der Waals surface area contributed by atoms with E-state index in [9.17, 15) is 14.4 Å². The summed E-state index contributed by atoms with van der Waals surface area (Å²) in [5, 5.41) is 6.05. The molecule has 276 valence electrons. The molecule has 2 amide bonds. The summed E-state index contributed by atoms with van der Waals surface area (Å²) in [5.74, 6) is 0.300. The number of ether oxygens (including phenoxy) is 4. The van der Waals surface area contributed by atoms with Crippen LogP contribution in [0.5, 0.6) is 17.4 Å². The number of benzene rings is 2. The Labute approximate surface area is 304 Å². The third-order valence-electron chi connectivity index (χ3n) is 9.70. The molecule has 5 rings (SSSR count). The number of H-pyrrole nitrogens is 1. The van der Waals surface area contributed by atoms with E-state index in [2.05, 4.69) is 29.1 Å². The van der Waals surface area contributed by atoms with E-state index in [0.29, 0.717) is 42.3 Å². The zero-order valence-electron chi connectivity index (χ0n) is 31.2. The Balaban J connectivity index is 1.54. The highest BCUT2D eigenvalue weighted by atomic mass is 16.6. The Morgan fingerprint density at radius 3 is 2.37 bits per heavy atom. The van der Waals surface area contributed by atoms with Crippen molar-refractivity contribution in [3.63, 3.8) is 0 Å². The number of amides is 2. The van der Waals surface area contributed by atoms with Crippen LogP contribution >= 0.6 is 0 Å². The van der Waals surface area contributed by atoms with Crippen LogP contribution in [0.2, 0.25) is 0 Å². The number of esters is 1. The molecule has 2 aromatic heterocycles. The molecule has 0 radical (unpaired) electrons. The lowest BCUT2D eigenvalue weighted by Gasteiger charge is -2.33. The summed E-state index contributed by atoms with van der Waals surface area (Å²) in [6.45, 7) is 22.3. The van der Waals surface area contributed by atoms with Crippen LogP contribution in [0.4, 0.5) is 16.2 Å². The Kier molecular flexibility index (Phi) is 11.8. The van der Waals surface area contributed by atoms with E-state index in [1.165, 1.54) is 16.5 Å². The molecule has 52 heavy (non-hydrogen) atoms. The first kappa shape index (κ1) is 37.7. The van der Waals surface area contributed by atoms with Crippen molar-refractivity contribution in [3.05, 3.63) is 64.5 Å². The minimum absolute atomic E-state index is 0.0499. The Hall–Kier alpha value is -5.51. The number of anilines is 1. The van der Waals surface area contributed by atoms with E-state index in [4.69, 9.17) is 30.5 Å². The number of methoxy groups -OCH3 is 1. The Morgan fingerprint density at radius 1 is 1.06 bits per heavy atom. The lowest BCUT2D eigenvalue weighted by Crippen LogP contribution is -2.34. The maximum absolute atomic E-state index is 14.0. The minimum atomic E-state index is -0.757. The molecule has 1 saturated carbocycles. The van der Waals surface area contributed by atoms with Gasteiger partial charge in [-0.2, -0.15) is 0 Å². The van der Waals surface area contributed by atoms with Gasteiger partial charge in [0.25, 0.3) is 11.6 Å². The second-order valence-corrected chi connectivity index (χ2v) is 13.4. The molecule has 13 heteroatoms. The fraction of sp³-hybridized carbons (Fsp3) is 0.462. The van der Waals surface area contributed by atoms with E-state index < -0.39 is 18.2 Å². The Bertz CT molecular complexity index is 1980. The highest BCUT2D eigenvalue weighted by Gasteiger charge is 2.36. The van der Waals surface area contributed by atoms with E-state index in [0.717, 1.165) is 30.4 Å². The monoisotopic (exact) mass is 712 g/mol. The van der Waals surface area contributed by atoms with Gasteiger partial charge in [-0.15, -0.1) is 0 Å². The van der Waals surface area contributed by atoms with Crippen LogP contribution < -0.4 is 19.5 Å². The quantitative estimate of drug-likeness (QED) is 0.111. The fourth-order valence-corrected chi connectivity index (χ4v) is 6.77. The number of rotatable bonds is 12. The van der Waals surface area contributed by atoms with Gasteiger partial charge in [-0.1, -0.05) is 44.9 Å². The van der Waals surface area contributed by atoms with Gasteiger partial charge in [0.1, 0.15) is 23.2 Å². The molecule has 13 nitrogen and oxygen atoms in total. The SMILES string of the molecule is [C-]#[N+]c1c(C(=O)OC2C(C)CCCC2C)c2nc(-c3cc(NC(=O)C(CC)Oc4ccc(C)cc4C)ccc3OC)[nH]n2c1OC(=O)N(CC)CC. The van der Waals surface area contributed by atoms with Crippen LogP contribution in [-0.2, 0) is 9.53 Å². The molecule has 4 aromatic rings. The molecule has 0 bridgehead atoms. The van der Waals surface area contributed by atoms with Crippen LogP contribution in [0.1, 0.15) is 81.8 Å². The first-order valence-corrected chi connectivity index (χ1v) is 17.9. The van der Waals surface area contributed by atoms with Gasteiger partial charge >= 0.3 is 12.1 Å². The van der Waals surface area contributed by atoms with E-state index >= 15 is 0 Å². The highest BCUT2D eigenvalue weighted by molar-refractivity contribution is 6.05. The molecule has 2 N–H and O–H groups in total. The standard InChI is InChI=1S/C39H48N6O7/c1-10-28(50-29-18-16-22(4)20-25(29)7)36(46)41-26-17-19-30(49-9)27(21-26)34-42-35-31(38(47)51-33-23(5)14-13-15-24(33)6)32(40-8)37(45(35)43-34)52-39(48)44(11-2)12-3/h16-21,23-24,28,33H,10-15H2,1-7,9H3,(H,41,46)(H,42,43). The van der Waals surface area contributed by atoms with Crippen molar-refractivity contribution >= 4 is 35.0 Å². The van der Waals surface area contributed by atoms with Crippen molar-refractivity contribution in [1.82, 2.24) is 19.5 Å². The predicted molar refractivity (Wildman–Crippen MR) is 197 cm³/mol. The second-order valence-electron chi connectivity index (χ2n) is 13.4. The summed E-state index contributed by atoms with van der Waals surface area (Å²) in [6.07, 6.45) is 1.54. The van der Waals surface area contributed by atoms with E-state index in [-0.39, 0.29) is 52.4 Å². The van der Waals surface area contributed by atoms with E-state index in [1.807, 2.05) is 52.8 Å². The maximum atomic E-state index is 14.0. The largest absolute Gasteiger partial charge is 0.496 e. The van der Waals surface area contributed by atoms with Crippen molar-refractivity contribution in [2.24, 2.45) is 11.8 Å². The van der Waals surface area contributed by atoms with Gasteiger partial charge in [0.2, 0.25) is 5.88 Å². The maximum Gasteiger partial charge on any atom is 0.415 e. The van der Waals surface area contributed by atoms with Crippen molar-refractivity contribution < 1.29 is 33.3 Å². The number of nitrogens with one attached hydrogen (secondary N) is 2. The van der Waals surface area contributed by atoms with Gasteiger partial charge in [-0.05, 0) is 88.6 Å². The number of carbonyl (C=O) groups is 3. The third kappa shape index (κ3) is 7.71. The summed E-state index contributed by atoms with van der Waals surface area (Å²) in [4.78, 5) is 50.5. The fourth-order valence-electron chi connectivity index (χ4n) is 6.77. The number of carbonyl (C=O) groups excluding carboxylic acids is 3. The molecule has 3 unspecified atom stereocenters. The summed E-state index contributed by atoms with van der Waals surface area (Å²) < 4.78 is 25.0. The Morgan fingerprint density at radius 2 is 1.75 bits per heavy atom. The van der Waals surface area contributed by atoms with Gasteiger partial charge < -0.3 is 29.2 Å². The lowest BCUT2D eigenvalue weighted by atomic mass is 9.80. The molecule has 0 saturated heterocycles. The smallest absolute Gasteiger partial charge is 0.415 e. The normalized spacial score (nSPS) is 17.6. The van der Waals surface area contributed by atoms with Gasteiger partial charge in [0.05, 0.1) is 19.2 Å². The lowest BCUT2D eigenvalue weighted by molar-refractivity contribution is -0.122. The molecule has 3 atom stereocenters. The summed E-state index contributed by atoms with van der Waals surface area (Å²) in [5.41, 5.74) is 2.67. The molecule has 1 fully saturated rings. The first-order valence-electron chi connectivity index (χ1n) is 17.9. The number of aromatic nitrogens is 3. The highest BCUT2D eigenvalue weighted by Crippen LogP contribution is 2.41. The molecule has 1 aliphatic rings. The molecule has 0 spiro atoms. The number of fused-ring (bicyclic) bond motifs is 1. The predicted octanol–water partition coefficient (Wildman–Crippen LogP) is 8.12. The molecule has 2 heterocycles. The van der Waals surface area contributed by atoms with Gasteiger partial charge in [0, 0.05) is 18.8 Å². The average Bonchev–Trinajstić information content (AvgIpc) is 3.67. The van der Waals surface area contributed by atoms with Crippen molar-refractivity contribution in [1.29, 1.82) is 0 Å². The van der Waals surface area contributed by atoms with Crippen molar-refractivity contribution in [2.45, 2.75) is 86.4 Å². The number of aromatic amines is 1. The van der Waals surface area contributed by atoms with Crippen LogP contribution in [0.15, 0.2) is 36.4 Å². The average molecular weight is 713 g/mol. The van der Waals surface area contributed by atoms with Crippen molar-refractivity contribution in [2.75, 3.05) is 25.5 Å². The van der Waals surface area contributed by atoms with Gasteiger partial charge in [-0.25, -0.2) is 23.9 Å². The molecule has 1 aliphatic carbocycles. The number of aryl methyl sites for hydroxylation is 2. The van der Waals surface area contributed by atoms with Crippen LogP contribution in [0.3, 0.4) is 0 Å². The van der Waals surface area contributed by atoms with Crippen LogP contribution in [0, 0.1) is 32.3 Å². The number of nitrogens with zero attached hydrogens (tertiary/aromatic N) is 4. The molecular formula is C39H48N6O7. The summed E-state index contributed by atoms with van der Waals surface area (Å²) >= 11 is 0. The van der Waals surface area contributed by atoms with Gasteiger partial charge in [0.15, 0.2) is 17.6 Å². The van der Waals surface area contributed by atoms with Crippen LogP contribution in [-0.4, -0.2) is 69.9 Å². The van der Waals surface area contributed by atoms with Crippen molar-refractivity contribution in [3.8, 4) is 28.8 Å². The zero-order chi connectivity index (χ0) is 37.7. The van der Waals surface area contributed by atoms with Crippen LogP contribution in [0.25, 0.3) is 21.9 Å². The summed E-state index contributed by atoms with van der Waals surface area (Å²) in [6, 6.07) is 10.9. The molecule has 0 aliphatic heterocycles. The number of hydrogen-bond acceptors (Lipinski definition) is 8. The molecule has 2 aromatic carbocycles. The second kappa shape index (κ2) is 16.2. The minimum Gasteiger partial charge on any atom is -0.496 e. The molecular weight excluding hydrogens is 664 g/mol. The summed E-state index contributed by atoms with van der Waals surface area (Å²) in [7, 11) is 1.50. The number of hydrogen-bond donors (Lipinski definition) is 2. The topological polar surface area (TPSA) is 141 Å². The zero-order valence-corrected chi connectivity index (χ0v) is 31.2.